The second-order valence-electron chi connectivity index (χ2n) is 5.83. The van der Waals surface area contributed by atoms with E-state index in [-0.39, 0.29) is 23.7 Å². The Labute approximate surface area is 130 Å². The van der Waals surface area contributed by atoms with Crippen molar-refractivity contribution >= 4 is 11.8 Å². The largest absolute Gasteiger partial charge is 0.459 e. The second-order valence-corrected chi connectivity index (χ2v) is 5.83. The predicted octanol–water partition coefficient (Wildman–Crippen LogP) is 1.46. The number of nitrogens with one attached hydrogen (secondary N) is 2. The van der Waals surface area contributed by atoms with E-state index in [4.69, 9.17) is 4.42 Å². The van der Waals surface area contributed by atoms with Crippen LogP contribution in [-0.4, -0.2) is 36.1 Å². The summed E-state index contributed by atoms with van der Waals surface area (Å²) in [5, 5.41) is 15.2. The van der Waals surface area contributed by atoms with Crippen molar-refractivity contribution in [3.63, 3.8) is 0 Å². The summed E-state index contributed by atoms with van der Waals surface area (Å²) in [7, 11) is 0. The van der Waals surface area contributed by atoms with Gasteiger partial charge in [-0.25, -0.2) is 0 Å². The van der Waals surface area contributed by atoms with Crippen molar-refractivity contribution in [3.8, 4) is 0 Å². The molecule has 2 atom stereocenters. The van der Waals surface area contributed by atoms with Gasteiger partial charge >= 0.3 is 0 Å². The molecule has 6 heteroatoms. The lowest BCUT2D eigenvalue weighted by Gasteiger charge is -2.25. The first-order valence-electron chi connectivity index (χ1n) is 7.91. The van der Waals surface area contributed by atoms with Crippen molar-refractivity contribution in [3.05, 3.63) is 24.2 Å². The number of aliphatic hydroxyl groups excluding tert-OH is 1. The highest BCUT2D eigenvalue weighted by atomic mass is 16.3. The Hall–Kier alpha value is -1.82. The SMILES string of the molecule is O=C(CCCNC(=O)c1ccco1)NCC1CCCC(O)C1. The first-order chi connectivity index (χ1) is 10.6. The average molecular weight is 308 g/mol. The molecule has 122 valence electrons. The van der Waals surface area contributed by atoms with Crippen molar-refractivity contribution in [2.45, 2.75) is 44.6 Å². The molecular formula is C16H24N2O4. The van der Waals surface area contributed by atoms with Gasteiger partial charge in [-0.1, -0.05) is 6.42 Å². The minimum Gasteiger partial charge on any atom is -0.459 e. The lowest BCUT2D eigenvalue weighted by Crippen LogP contribution is -2.33. The van der Waals surface area contributed by atoms with Crippen molar-refractivity contribution in [2.75, 3.05) is 13.1 Å². The van der Waals surface area contributed by atoms with E-state index in [1.165, 1.54) is 6.26 Å². The van der Waals surface area contributed by atoms with Gasteiger partial charge in [-0.05, 0) is 43.7 Å². The first-order valence-corrected chi connectivity index (χ1v) is 7.91. The Kier molecular flexibility index (Phi) is 6.45. The molecule has 1 aromatic rings. The summed E-state index contributed by atoms with van der Waals surface area (Å²) in [6.07, 6.45) is 5.95. The molecule has 6 nitrogen and oxygen atoms in total. The molecule has 2 unspecified atom stereocenters. The van der Waals surface area contributed by atoms with Crippen molar-refractivity contribution in [1.29, 1.82) is 0 Å². The molecule has 1 fully saturated rings. The zero-order valence-corrected chi connectivity index (χ0v) is 12.7. The molecule has 1 aromatic heterocycles. The molecule has 1 saturated carbocycles. The van der Waals surface area contributed by atoms with Crippen molar-refractivity contribution < 1.29 is 19.1 Å². The predicted molar refractivity (Wildman–Crippen MR) is 81.2 cm³/mol. The summed E-state index contributed by atoms with van der Waals surface area (Å²) in [6, 6.07) is 3.26. The Morgan fingerprint density at radius 1 is 1.32 bits per heavy atom. The van der Waals surface area contributed by atoms with Gasteiger partial charge in [0.25, 0.3) is 5.91 Å². The molecule has 22 heavy (non-hydrogen) atoms. The molecule has 0 bridgehead atoms. The van der Waals surface area contributed by atoms with Crippen LogP contribution in [-0.2, 0) is 4.79 Å². The topological polar surface area (TPSA) is 91.6 Å². The summed E-state index contributed by atoms with van der Waals surface area (Å²) in [6.45, 7) is 1.07. The highest BCUT2D eigenvalue weighted by Gasteiger charge is 2.20. The summed E-state index contributed by atoms with van der Waals surface area (Å²) >= 11 is 0. The van der Waals surface area contributed by atoms with Crippen LogP contribution in [0.3, 0.4) is 0 Å². The summed E-state index contributed by atoms with van der Waals surface area (Å²) < 4.78 is 4.98. The van der Waals surface area contributed by atoms with Crippen LogP contribution in [0, 0.1) is 5.92 Å². The number of amides is 2. The molecule has 3 N–H and O–H groups in total. The third kappa shape index (κ3) is 5.52. The van der Waals surface area contributed by atoms with Gasteiger partial charge in [0.2, 0.25) is 5.91 Å². The van der Waals surface area contributed by atoms with Gasteiger partial charge in [0.1, 0.15) is 0 Å². The number of rotatable bonds is 7. The van der Waals surface area contributed by atoms with E-state index in [1.54, 1.807) is 12.1 Å². The molecule has 0 aromatic carbocycles. The van der Waals surface area contributed by atoms with Gasteiger partial charge in [0, 0.05) is 19.5 Å². The lowest BCUT2D eigenvalue weighted by atomic mass is 9.87. The van der Waals surface area contributed by atoms with Crippen LogP contribution in [0.2, 0.25) is 0 Å². The molecule has 2 rings (SSSR count). The monoisotopic (exact) mass is 308 g/mol. The molecule has 0 spiro atoms. The number of carbonyl (C=O) groups is 2. The summed E-state index contributed by atoms with van der Waals surface area (Å²) in [5.41, 5.74) is 0. The van der Waals surface area contributed by atoms with Crippen molar-refractivity contribution in [1.82, 2.24) is 10.6 Å². The molecule has 1 aliphatic carbocycles. The highest BCUT2D eigenvalue weighted by Crippen LogP contribution is 2.23. The maximum Gasteiger partial charge on any atom is 0.286 e. The van der Waals surface area contributed by atoms with E-state index in [0.29, 0.717) is 31.8 Å². The minimum absolute atomic E-state index is 0.00712. The minimum atomic E-state index is -0.262. The quantitative estimate of drug-likeness (QED) is 0.665. The van der Waals surface area contributed by atoms with Crippen LogP contribution in [0.5, 0.6) is 0 Å². The number of aliphatic hydroxyl groups is 1. The summed E-state index contributed by atoms with van der Waals surface area (Å²) in [4.78, 5) is 23.3. The van der Waals surface area contributed by atoms with E-state index in [1.807, 2.05) is 0 Å². The van der Waals surface area contributed by atoms with Gasteiger partial charge in [-0.2, -0.15) is 0 Å². The van der Waals surface area contributed by atoms with Gasteiger partial charge in [0.05, 0.1) is 12.4 Å². The maximum absolute atomic E-state index is 11.7. The maximum atomic E-state index is 11.7. The number of furan rings is 1. The lowest BCUT2D eigenvalue weighted by molar-refractivity contribution is -0.121. The van der Waals surface area contributed by atoms with E-state index in [2.05, 4.69) is 10.6 Å². The summed E-state index contributed by atoms with van der Waals surface area (Å²) in [5.74, 6) is 0.389. The van der Waals surface area contributed by atoms with E-state index in [0.717, 1.165) is 25.7 Å². The standard InChI is InChI=1S/C16H24N2O4/c19-13-5-1-4-12(10-13)11-18-15(20)7-2-8-17-16(21)14-6-3-9-22-14/h3,6,9,12-13,19H,1-2,4-5,7-8,10-11H2,(H,17,21)(H,18,20). The molecule has 0 radical (unpaired) electrons. The zero-order valence-electron chi connectivity index (χ0n) is 12.7. The number of carbonyl (C=O) groups excluding carboxylic acids is 2. The van der Waals surface area contributed by atoms with Crippen LogP contribution in [0.1, 0.15) is 49.1 Å². The molecule has 0 aliphatic heterocycles. The Balaban J connectivity index is 1.53. The fourth-order valence-electron chi connectivity index (χ4n) is 2.74. The second kappa shape index (κ2) is 8.58. The van der Waals surface area contributed by atoms with E-state index < -0.39 is 0 Å². The van der Waals surface area contributed by atoms with Crippen LogP contribution in [0.4, 0.5) is 0 Å². The number of hydrogen-bond acceptors (Lipinski definition) is 4. The number of hydrogen-bond donors (Lipinski definition) is 3. The van der Waals surface area contributed by atoms with Crippen molar-refractivity contribution in [2.24, 2.45) is 5.92 Å². The van der Waals surface area contributed by atoms with Crippen LogP contribution < -0.4 is 10.6 Å². The van der Waals surface area contributed by atoms with Crippen LogP contribution in [0.25, 0.3) is 0 Å². The molecule has 1 heterocycles. The van der Waals surface area contributed by atoms with Gasteiger partial charge in [-0.3, -0.25) is 9.59 Å². The normalized spacial score (nSPS) is 21.3. The van der Waals surface area contributed by atoms with Crippen LogP contribution >= 0.6 is 0 Å². The smallest absolute Gasteiger partial charge is 0.286 e. The van der Waals surface area contributed by atoms with Gasteiger partial charge in [-0.15, -0.1) is 0 Å². The molecule has 2 amide bonds. The van der Waals surface area contributed by atoms with E-state index in [9.17, 15) is 14.7 Å². The molecular weight excluding hydrogens is 284 g/mol. The van der Waals surface area contributed by atoms with Gasteiger partial charge < -0.3 is 20.2 Å². The Morgan fingerprint density at radius 3 is 2.91 bits per heavy atom. The highest BCUT2D eigenvalue weighted by molar-refractivity contribution is 5.91. The first kappa shape index (κ1) is 16.5. The third-order valence-corrected chi connectivity index (χ3v) is 3.95. The fourth-order valence-corrected chi connectivity index (χ4v) is 2.74. The average Bonchev–Trinajstić information content (AvgIpc) is 3.04. The fraction of sp³-hybridized carbons (Fsp3) is 0.625. The zero-order chi connectivity index (χ0) is 15.8. The molecule has 1 aliphatic rings. The van der Waals surface area contributed by atoms with Gasteiger partial charge in [0.15, 0.2) is 5.76 Å². The van der Waals surface area contributed by atoms with E-state index >= 15 is 0 Å². The molecule has 0 saturated heterocycles. The third-order valence-electron chi connectivity index (χ3n) is 3.95. The van der Waals surface area contributed by atoms with Crippen LogP contribution in [0.15, 0.2) is 22.8 Å². The Bertz CT molecular complexity index is 473. The Morgan fingerprint density at radius 2 is 2.18 bits per heavy atom.